The van der Waals surface area contributed by atoms with E-state index < -0.39 is 17.2 Å². The first-order valence-electron chi connectivity index (χ1n) is 4.09. The van der Waals surface area contributed by atoms with Gasteiger partial charge in [0.25, 0.3) is 0 Å². The second-order valence-electron chi connectivity index (χ2n) is 3.10. The van der Waals surface area contributed by atoms with Gasteiger partial charge in [0.05, 0.1) is 0 Å². The van der Waals surface area contributed by atoms with E-state index in [9.17, 15) is 9.59 Å². The van der Waals surface area contributed by atoms with Crippen LogP contribution in [0.15, 0.2) is 12.7 Å². The molecule has 0 bridgehead atoms. The fraction of sp³-hybridized carbons (Fsp3) is 0.556. The van der Waals surface area contributed by atoms with Gasteiger partial charge >= 0.3 is 5.97 Å². The molecule has 0 aromatic heterocycles. The molecule has 4 heteroatoms. The zero-order valence-electron chi connectivity index (χ0n) is 7.75. The maximum Gasteiger partial charge on any atom is 0.317 e. The third-order valence-corrected chi connectivity index (χ3v) is 2.08. The Bertz CT molecular complexity index is 225. The molecule has 0 fully saturated rings. The van der Waals surface area contributed by atoms with E-state index in [2.05, 4.69) is 6.58 Å². The van der Waals surface area contributed by atoms with Crippen LogP contribution in [0.25, 0.3) is 0 Å². The molecule has 1 atom stereocenters. The molecule has 0 spiro atoms. The minimum atomic E-state index is -1.36. The van der Waals surface area contributed by atoms with Crippen LogP contribution in [0.3, 0.4) is 0 Å². The van der Waals surface area contributed by atoms with Gasteiger partial charge in [-0.2, -0.15) is 0 Å². The van der Waals surface area contributed by atoms with Crippen LogP contribution in [-0.2, 0) is 9.59 Å². The van der Waals surface area contributed by atoms with Crippen molar-refractivity contribution < 1.29 is 14.7 Å². The number of nitrogens with two attached hydrogens (primary N) is 1. The molecule has 13 heavy (non-hydrogen) atoms. The SMILES string of the molecule is C=CC(=O)C(C)(CCCN)C(=O)O. The Labute approximate surface area is 77.4 Å². The number of carboxylic acid groups (broad SMARTS) is 1. The van der Waals surface area contributed by atoms with Crippen LogP contribution in [-0.4, -0.2) is 23.4 Å². The number of rotatable bonds is 6. The minimum Gasteiger partial charge on any atom is -0.480 e. The number of carboxylic acids is 1. The van der Waals surface area contributed by atoms with Crippen LogP contribution in [0.2, 0.25) is 0 Å². The Morgan fingerprint density at radius 3 is 2.46 bits per heavy atom. The molecular formula is C9H15NO3. The minimum absolute atomic E-state index is 0.254. The second kappa shape index (κ2) is 4.77. The van der Waals surface area contributed by atoms with Gasteiger partial charge in [0.15, 0.2) is 5.78 Å². The second-order valence-corrected chi connectivity index (χ2v) is 3.10. The van der Waals surface area contributed by atoms with Crippen LogP contribution in [0.5, 0.6) is 0 Å². The molecule has 0 aliphatic carbocycles. The van der Waals surface area contributed by atoms with E-state index in [-0.39, 0.29) is 6.42 Å². The number of allylic oxidation sites excluding steroid dienone is 1. The monoisotopic (exact) mass is 185 g/mol. The Morgan fingerprint density at radius 1 is 1.62 bits per heavy atom. The van der Waals surface area contributed by atoms with E-state index in [1.165, 1.54) is 6.92 Å². The molecule has 0 aliphatic heterocycles. The van der Waals surface area contributed by atoms with Gasteiger partial charge in [-0.05, 0) is 32.4 Å². The standard InChI is InChI=1S/C9H15NO3/c1-3-7(11)9(2,8(12)13)5-4-6-10/h3H,1,4-6,10H2,2H3,(H,12,13). The van der Waals surface area contributed by atoms with Gasteiger partial charge in [-0.15, -0.1) is 0 Å². The van der Waals surface area contributed by atoms with Crippen molar-refractivity contribution in [3.8, 4) is 0 Å². The lowest BCUT2D eigenvalue weighted by molar-refractivity contribution is -0.152. The van der Waals surface area contributed by atoms with Crippen molar-refractivity contribution in [3.05, 3.63) is 12.7 Å². The Morgan fingerprint density at radius 2 is 2.15 bits per heavy atom. The summed E-state index contributed by atoms with van der Waals surface area (Å²) in [6.45, 7) is 5.05. The summed E-state index contributed by atoms with van der Waals surface area (Å²) >= 11 is 0. The Balaban J connectivity index is 4.62. The summed E-state index contributed by atoms with van der Waals surface area (Å²) in [7, 11) is 0. The largest absolute Gasteiger partial charge is 0.480 e. The predicted molar refractivity (Wildman–Crippen MR) is 49.2 cm³/mol. The number of carbonyl (C=O) groups excluding carboxylic acids is 1. The van der Waals surface area contributed by atoms with Crippen LogP contribution in [0.1, 0.15) is 19.8 Å². The van der Waals surface area contributed by atoms with Crippen LogP contribution >= 0.6 is 0 Å². The summed E-state index contributed by atoms with van der Waals surface area (Å²) in [4.78, 5) is 22.1. The molecule has 74 valence electrons. The van der Waals surface area contributed by atoms with Gasteiger partial charge in [0.2, 0.25) is 0 Å². The van der Waals surface area contributed by atoms with Crippen molar-refractivity contribution in [1.29, 1.82) is 0 Å². The first kappa shape index (κ1) is 11.8. The van der Waals surface area contributed by atoms with Gasteiger partial charge in [-0.1, -0.05) is 6.58 Å². The number of carbonyl (C=O) groups is 2. The van der Waals surface area contributed by atoms with E-state index >= 15 is 0 Å². The van der Waals surface area contributed by atoms with Crippen molar-refractivity contribution in [1.82, 2.24) is 0 Å². The van der Waals surface area contributed by atoms with Crippen molar-refractivity contribution in [2.24, 2.45) is 11.1 Å². The van der Waals surface area contributed by atoms with Gasteiger partial charge in [0, 0.05) is 0 Å². The Hall–Kier alpha value is -1.16. The number of aliphatic carboxylic acids is 1. The van der Waals surface area contributed by atoms with Crippen molar-refractivity contribution in [3.63, 3.8) is 0 Å². The van der Waals surface area contributed by atoms with Crippen LogP contribution in [0, 0.1) is 5.41 Å². The lowest BCUT2D eigenvalue weighted by atomic mass is 9.81. The van der Waals surface area contributed by atoms with E-state index in [0.29, 0.717) is 13.0 Å². The Kier molecular flexibility index (Phi) is 4.34. The first-order chi connectivity index (χ1) is 5.99. The zero-order valence-corrected chi connectivity index (χ0v) is 7.75. The maximum absolute atomic E-state index is 11.2. The highest BCUT2D eigenvalue weighted by atomic mass is 16.4. The number of ketones is 1. The van der Waals surface area contributed by atoms with Crippen molar-refractivity contribution in [2.45, 2.75) is 19.8 Å². The molecular weight excluding hydrogens is 170 g/mol. The predicted octanol–water partition coefficient (Wildman–Crippen LogP) is 0.571. The maximum atomic E-state index is 11.2. The topological polar surface area (TPSA) is 80.4 Å². The third-order valence-electron chi connectivity index (χ3n) is 2.08. The highest BCUT2D eigenvalue weighted by molar-refractivity contribution is 6.07. The molecule has 0 amide bonds. The fourth-order valence-electron chi connectivity index (χ4n) is 1.02. The molecule has 0 aliphatic rings. The number of hydrogen-bond donors (Lipinski definition) is 2. The molecule has 0 saturated heterocycles. The first-order valence-corrected chi connectivity index (χ1v) is 4.09. The molecule has 0 aromatic carbocycles. The number of hydrogen-bond acceptors (Lipinski definition) is 3. The van der Waals surface area contributed by atoms with Gasteiger partial charge in [0.1, 0.15) is 5.41 Å². The van der Waals surface area contributed by atoms with E-state index in [4.69, 9.17) is 10.8 Å². The third kappa shape index (κ3) is 2.66. The molecule has 0 radical (unpaired) electrons. The van der Waals surface area contributed by atoms with E-state index in [1.807, 2.05) is 0 Å². The van der Waals surface area contributed by atoms with Crippen LogP contribution in [0.4, 0.5) is 0 Å². The zero-order chi connectivity index (χ0) is 10.5. The molecule has 0 rings (SSSR count). The highest BCUT2D eigenvalue weighted by Crippen LogP contribution is 2.25. The summed E-state index contributed by atoms with van der Waals surface area (Å²) in [5.74, 6) is -1.58. The summed E-state index contributed by atoms with van der Waals surface area (Å²) in [6.07, 6.45) is 1.82. The molecule has 0 aromatic rings. The molecule has 3 N–H and O–H groups in total. The summed E-state index contributed by atoms with van der Waals surface area (Å²) in [6, 6.07) is 0. The summed E-state index contributed by atoms with van der Waals surface area (Å²) in [5.41, 5.74) is 3.89. The fourth-order valence-corrected chi connectivity index (χ4v) is 1.02. The molecule has 1 unspecified atom stereocenters. The van der Waals surface area contributed by atoms with Gasteiger partial charge < -0.3 is 10.8 Å². The smallest absolute Gasteiger partial charge is 0.317 e. The normalized spacial score (nSPS) is 14.6. The average Bonchev–Trinajstić information content (AvgIpc) is 2.12. The van der Waals surface area contributed by atoms with E-state index in [0.717, 1.165) is 6.08 Å². The molecule has 0 heterocycles. The van der Waals surface area contributed by atoms with E-state index in [1.54, 1.807) is 0 Å². The summed E-state index contributed by atoms with van der Waals surface area (Å²) < 4.78 is 0. The summed E-state index contributed by atoms with van der Waals surface area (Å²) in [5, 5.41) is 8.85. The lowest BCUT2D eigenvalue weighted by Gasteiger charge is -2.20. The quantitative estimate of drug-likeness (QED) is 0.468. The average molecular weight is 185 g/mol. The van der Waals surface area contributed by atoms with Crippen molar-refractivity contribution in [2.75, 3.05) is 6.54 Å². The van der Waals surface area contributed by atoms with Gasteiger partial charge in [-0.3, -0.25) is 9.59 Å². The highest BCUT2D eigenvalue weighted by Gasteiger charge is 2.38. The molecule has 4 nitrogen and oxygen atoms in total. The lowest BCUT2D eigenvalue weighted by Crippen LogP contribution is -2.35. The molecule has 0 saturated carbocycles. The van der Waals surface area contributed by atoms with Crippen LogP contribution < -0.4 is 5.73 Å². The van der Waals surface area contributed by atoms with Gasteiger partial charge in [-0.25, -0.2) is 0 Å². The van der Waals surface area contributed by atoms with Crippen molar-refractivity contribution >= 4 is 11.8 Å².